The Morgan fingerprint density at radius 1 is 1.69 bits per heavy atom. The summed E-state index contributed by atoms with van der Waals surface area (Å²) in [6.07, 6.45) is 2.70. The zero-order chi connectivity index (χ0) is 9.47. The molecular weight excluding hydrogens is 188 g/mol. The van der Waals surface area contributed by atoms with Crippen LogP contribution < -0.4 is 5.73 Å². The van der Waals surface area contributed by atoms with Gasteiger partial charge in [-0.3, -0.25) is 4.79 Å². The van der Waals surface area contributed by atoms with E-state index in [1.54, 1.807) is 0 Å². The molecule has 4 heteroatoms. The van der Waals surface area contributed by atoms with Crippen molar-refractivity contribution in [2.45, 2.75) is 24.8 Å². The third-order valence-corrected chi connectivity index (χ3v) is 3.55. The highest BCUT2D eigenvalue weighted by Crippen LogP contribution is 2.42. The minimum Gasteiger partial charge on any atom is -0.340 e. The predicted molar refractivity (Wildman–Crippen MR) is 51.6 cm³/mol. The molecule has 2 atom stereocenters. The van der Waals surface area contributed by atoms with E-state index in [1.807, 2.05) is 4.90 Å². The Bertz CT molecular complexity index is 234. The van der Waals surface area contributed by atoms with Gasteiger partial charge < -0.3 is 10.6 Å². The number of nitrogens with two attached hydrogens (primary N) is 1. The number of hydrogen-bond donors (Lipinski definition) is 1. The van der Waals surface area contributed by atoms with Gasteiger partial charge >= 0.3 is 0 Å². The summed E-state index contributed by atoms with van der Waals surface area (Å²) in [6, 6.07) is 0. The smallest absolute Gasteiger partial charge is 0.223 e. The summed E-state index contributed by atoms with van der Waals surface area (Å²) >= 11 is 5.52. The maximum absolute atomic E-state index is 11.5. The standard InChI is InChI=1S/C9H15ClN2O/c10-4-2-8(13)12-5-7-1-3-9(7,11)6-12/h7H,1-6,11H2. The molecule has 2 rings (SSSR count). The first kappa shape index (κ1) is 9.28. The Morgan fingerprint density at radius 2 is 2.46 bits per heavy atom. The molecule has 74 valence electrons. The highest BCUT2D eigenvalue weighted by molar-refractivity contribution is 6.18. The van der Waals surface area contributed by atoms with Crippen LogP contribution >= 0.6 is 11.6 Å². The zero-order valence-electron chi connectivity index (χ0n) is 7.63. The fourth-order valence-electron chi connectivity index (χ4n) is 2.32. The summed E-state index contributed by atoms with van der Waals surface area (Å²) in [5.74, 6) is 1.12. The Morgan fingerprint density at radius 3 is 2.85 bits per heavy atom. The summed E-state index contributed by atoms with van der Waals surface area (Å²) < 4.78 is 0. The van der Waals surface area contributed by atoms with Crippen molar-refractivity contribution in [1.29, 1.82) is 0 Å². The highest BCUT2D eigenvalue weighted by atomic mass is 35.5. The van der Waals surface area contributed by atoms with Gasteiger partial charge in [0.1, 0.15) is 0 Å². The number of amides is 1. The molecule has 2 fully saturated rings. The van der Waals surface area contributed by atoms with Crippen molar-refractivity contribution in [1.82, 2.24) is 4.90 Å². The van der Waals surface area contributed by atoms with E-state index in [2.05, 4.69) is 0 Å². The lowest BCUT2D eigenvalue weighted by atomic mass is 9.70. The number of hydrogen-bond acceptors (Lipinski definition) is 2. The Hall–Kier alpha value is -0.280. The van der Waals surface area contributed by atoms with Crippen LogP contribution in [0.1, 0.15) is 19.3 Å². The van der Waals surface area contributed by atoms with Gasteiger partial charge in [0.05, 0.1) is 0 Å². The van der Waals surface area contributed by atoms with E-state index < -0.39 is 0 Å². The summed E-state index contributed by atoms with van der Waals surface area (Å²) in [6.45, 7) is 1.60. The van der Waals surface area contributed by atoms with Crippen LogP contribution in [0.4, 0.5) is 0 Å². The number of fused-ring (bicyclic) bond motifs is 1. The number of carbonyl (C=O) groups excluding carboxylic acids is 1. The predicted octanol–water partition coefficient (Wildman–Crippen LogP) is 0.565. The van der Waals surface area contributed by atoms with Crippen LogP contribution in [0, 0.1) is 5.92 Å². The van der Waals surface area contributed by atoms with Crippen LogP contribution in [0.15, 0.2) is 0 Å². The SMILES string of the molecule is NC12CCC1CN(C(=O)CCCl)C2. The summed E-state index contributed by atoms with van der Waals surface area (Å²) in [7, 11) is 0. The molecule has 2 aliphatic rings. The summed E-state index contributed by atoms with van der Waals surface area (Å²) in [5.41, 5.74) is 6.05. The van der Waals surface area contributed by atoms with E-state index in [0.29, 0.717) is 18.2 Å². The van der Waals surface area contributed by atoms with Crippen LogP contribution in [0.3, 0.4) is 0 Å². The fourth-order valence-corrected chi connectivity index (χ4v) is 2.48. The average Bonchev–Trinajstić information content (AvgIpc) is 2.30. The molecule has 0 aromatic carbocycles. The minimum atomic E-state index is -0.0536. The number of carbonyl (C=O) groups is 1. The van der Waals surface area contributed by atoms with Crippen LogP contribution in [-0.2, 0) is 4.79 Å². The molecule has 1 saturated carbocycles. The average molecular weight is 203 g/mol. The van der Waals surface area contributed by atoms with Crippen molar-refractivity contribution in [3.63, 3.8) is 0 Å². The molecule has 1 amide bonds. The summed E-state index contributed by atoms with van der Waals surface area (Å²) in [4.78, 5) is 13.4. The molecular formula is C9H15ClN2O. The molecule has 1 aliphatic heterocycles. The quantitative estimate of drug-likeness (QED) is 0.666. The topological polar surface area (TPSA) is 46.3 Å². The van der Waals surface area contributed by atoms with E-state index in [-0.39, 0.29) is 11.4 Å². The van der Waals surface area contributed by atoms with E-state index in [4.69, 9.17) is 17.3 Å². The lowest BCUT2D eigenvalue weighted by molar-refractivity contribution is -0.129. The molecule has 0 spiro atoms. The van der Waals surface area contributed by atoms with Crippen LogP contribution in [0.5, 0.6) is 0 Å². The van der Waals surface area contributed by atoms with E-state index in [0.717, 1.165) is 19.5 Å². The first-order valence-corrected chi connectivity index (χ1v) is 5.32. The second kappa shape index (κ2) is 3.14. The number of halogens is 1. The van der Waals surface area contributed by atoms with Gasteiger partial charge in [0.25, 0.3) is 0 Å². The number of rotatable bonds is 2. The third-order valence-electron chi connectivity index (χ3n) is 3.36. The summed E-state index contributed by atoms with van der Waals surface area (Å²) in [5, 5.41) is 0. The van der Waals surface area contributed by atoms with Crippen LogP contribution in [0.2, 0.25) is 0 Å². The van der Waals surface area contributed by atoms with Crippen LogP contribution in [0.25, 0.3) is 0 Å². The molecule has 0 bridgehead atoms. The van der Waals surface area contributed by atoms with E-state index in [1.165, 1.54) is 6.42 Å². The van der Waals surface area contributed by atoms with Gasteiger partial charge in [0, 0.05) is 30.9 Å². The first-order chi connectivity index (χ1) is 6.15. The number of alkyl halides is 1. The van der Waals surface area contributed by atoms with Gasteiger partial charge in [-0.05, 0) is 18.8 Å². The van der Waals surface area contributed by atoms with Crippen LogP contribution in [-0.4, -0.2) is 35.3 Å². The fraction of sp³-hybridized carbons (Fsp3) is 0.889. The lowest BCUT2D eigenvalue weighted by Crippen LogP contribution is -2.54. The van der Waals surface area contributed by atoms with Gasteiger partial charge in [0.15, 0.2) is 0 Å². The second-order valence-corrected chi connectivity index (χ2v) is 4.56. The van der Waals surface area contributed by atoms with Gasteiger partial charge in [-0.2, -0.15) is 0 Å². The van der Waals surface area contributed by atoms with Gasteiger partial charge in [-0.25, -0.2) is 0 Å². The Labute approximate surface area is 83.2 Å². The number of likely N-dealkylation sites (tertiary alicyclic amines) is 1. The molecule has 1 aliphatic carbocycles. The maximum atomic E-state index is 11.5. The molecule has 0 aromatic heterocycles. The second-order valence-electron chi connectivity index (χ2n) is 4.18. The van der Waals surface area contributed by atoms with Gasteiger partial charge in [-0.15, -0.1) is 11.6 Å². The molecule has 1 heterocycles. The van der Waals surface area contributed by atoms with Crippen molar-refractivity contribution in [3.05, 3.63) is 0 Å². The largest absolute Gasteiger partial charge is 0.340 e. The lowest BCUT2D eigenvalue weighted by Gasteiger charge is -2.39. The highest BCUT2D eigenvalue weighted by Gasteiger charge is 2.51. The Balaban J connectivity index is 1.94. The van der Waals surface area contributed by atoms with E-state index in [9.17, 15) is 4.79 Å². The molecule has 1 saturated heterocycles. The van der Waals surface area contributed by atoms with Crippen molar-refractivity contribution in [2.75, 3.05) is 19.0 Å². The number of nitrogens with zero attached hydrogens (tertiary/aromatic N) is 1. The van der Waals surface area contributed by atoms with E-state index >= 15 is 0 Å². The minimum absolute atomic E-state index is 0.0536. The van der Waals surface area contributed by atoms with Crippen molar-refractivity contribution < 1.29 is 4.79 Å². The zero-order valence-corrected chi connectivity index (χ0v) is 8.39. The van der Waals surface area contributed by atoms with Crippen molar-refractivity contribution in [2.24, 2.45) is 11.7 Å². The molecule has 3 nitrogen and oxygen atoms in total. The molecule has 2 N–H and O–H groups in total. The Kier molecular flexibility index (Phi) is 2.24. The van der Waals surface area contributed by atoms with Crippen molar-refractivity contribution >= 4 is 17.5 Å². The van der Waals surface area contributed by atoms with Gasteiger partial charge in [-0.1, -0.05) is 0 Å². The molecule has 0 radical (unpaired) electrons. The monoisotopic (exact) mass is 202 g/mol. The normalized spacial score (nSPS) is 37.1. The molecule has 2 unspecified atom stereocenters. The third kappa shape index (κ3) is 1.44. The van der Waals surface area contributed by atoms with Gasteiger partial charge in [0.2, 0.25) is 5.91 Å². The maximum Gasteiger partial charge on any atom is 0.223 e. The van der Waals surface area contributed by atoms with Crippen molar-refractivity contribution in [3.8, 4) is 0 Å². The first-order valence-electron chi connectivity index (χ1n) is 4.78. The molecule has 13 heavy (non-hydrogen) atoms. The molecule has 0 aromatic rings.